The minimum atomic E-state index is -2.98. The number of carbonyl (C=O) groups excluding carboxylic acids is 1. The van der Waals surface area contributed by atoms with Gasteiger partial charge in [0, 0.05) is 5.02 Å². The second-order valence-electron chi connectivity index (χ2n) is 5.63. The van der Waals surface area contributed by atoms with Crippen molar-refractivity contribution >= 4 is 35.0 Å². The highest BCUT2D eigenvalue weighted by Gasteiger charge is 2.14. The molecule has 0 atom stereocenters. The van der Waals surface area contributed by atoms with Gasteiger partial charge in [-0.2, -0.15) is 8.78 Å². The molecule has 0 aliphatic rings. The van der Waals surface area contributed by atoms with Crippen LogP contribution in [0.2, 0.25) is 5.02 Å². The summed E-state index contributed by atoms with van der Waals surface area (Å²) in [5, 5.41) is 11.5. The number of alkyl halides is 2. The fraction of sp³-hybridized carbons (Fsp3) is 0.167. The lowest BCUT2D eigenvalue weighted by atomic mass is 10.2. The predicted molar refractivity (Wildman–Crippen MR) is 104 cm³/mol. The Balaban J connectivity index is 1.67. The molecular formula is C18H15ClF2N4O2S. The predicted octanol–water partition coefficient (Wildman–Crippen LogP) is 4.56. The van der Waals surface area contributed by atoms with Crippen molar-refractivity contribution in [2.75, 3.05) is 11.1 Å². The number of aryl methyl sites for hydroxylation is 1. The summed E-state index contributed by atoms with van der Waals surface area (Å²) in [5.41, 5.74) is 1.87. The van der Waals surface area contributed by atoms with Crippen LogP contribution >= 0.6 is 23.4 Å². The van der Waals surface area contributed by atoms with E-state index in [0.29, 0.717) is 10.2 Å². The van der Waals surface area contributed by atoms with Crippen LogP contribution in [0.15, 0.2) is 53.9 Å². The van der Waals surface area contributed by atoms with Crippen LogP contribution in [0.5, 0.6) is 5.75 Å². The smallest absolute Gasteiger partial charge is 0.387 e. The van der Waals surface area contributed by atoms with Gasteiger partial charge in [-0.3, -0.25) is 9.36 Å². The number of thioether (sulfide) groups is 1. The highest BCUT2D eigenvalue weighted by molar-refractivity contribution is 7.99. The highest BCUT2D eigenvalue weighted by atomic mass is 35.5. The zero-order valence-corrected chi connectivity index (χ0v) is 16.2. The Kier molecular flexibility index (Phi) is 6.48. The van der Waals surface area contributed by atoms with Gasteiger partial charge in [0.25, 0.3) is 0 Å². The first kappa shape index (κ1) is 20.1. The van der Waals surface area contributed by atoms with Crippen LogP contribution in [0.4, 0.5) is 14.5 Å². The number of benzene rings is 2. The fourth-order valence-electron chi connectivity index (χ4n) is 2.32. The summed E-state index contributed by atoms with van der Waals surface area (Å²) in [4.78, 5) is 12.2. The molecule has 0 saturated heterocycles. The molecule has 28 heavy (non-hydrogen) atoms. The van der Waals surface area contributed by atoms with Crippen molar-refractivity contribution in [3.63, 3.8) is 0 Å². The first-order valence-corrected chi connectivity index (χ1v) is 9.43. The molecule has 6 nitrogen and oxygen atoms in total. The van der Waals surface area contributed by atoms with Crippen LogP contribution in [0, 0.1) is 6.92 Å². The van der Waals surface area contributed by atoms with Gasteiger partial charge in [0.05, 0.1) is 17.1 Å². The first-order valence-electron chi connectivity index (χ1n) is 8.07. The summed E-state index contributed by atoms with van der Waals surface area (Å²) < 4.78 is 31.0. The van der Waals surface area contributed by atoms with Crippen molar-refractivity contribution in [1.29, 1.82) is 0 Å². The topological polar surface area (TPSA) is 69.0 Å². The number of rotatable bonds is 7. The summed E-state index contributed by atoms with van der Waals surface area (Å²) in [6.45, 7) is -1.08. The summed E-state index contributed by atoms with van der Waals surface area (Å²) in [5.74, 6) is -0.499. The SMILES string of the molecule is Cc1ccc(-n2cnnc2SCC(=O)Nc2ccccc2OC(F)F)cc1Cl. The Labute approximate surface area is 168 Å². The van der Waals surface area contributed by atoms with E-state index in [1.807, 2.05) is 19.1 Å². The summed E-state index contributed by atoms with van der Waals surface area (Å²) in [6, 6.07) is 11.5. The Morgan fingerprint density at radius 1 is 1.32 bits per heavy atom. The molecule has 0 spiro atoms. The van der Waals surface area contributed by atoms with E-state index in [2.05, 4.69) is 20.3 Å². The van der Waals surface area contributed by atoms with Gasteiger partial charge in [-0.1, -0.05) is 41.6 Å². The minimum absolute atomic E-state index is 0.00129. The average Bonchev–Trinajstić information content (AvgIpc) is 3.12. The normalized spacial score (nSPS) is 10.9. The molecule has 0 unspecified atom stereocenters. The largest absolute Gasteiger partial charge is 0.433 e. The van der Waals surface area contributed by atoms with Gasteiger partial charge in [0.15, 0.2) is 5.16 Å². The highest BCUT2D eigenvalue weighted by Crippen LogP contribution is 2.27. The molecule has 1 aromatic heterocycles. The second kappa shape index (κ2) is 9.03. The average molecular weight is 425 g/mol. The molecule has 3 aromatic rings. The van der Waals surface area contributed by atoms with Gasteiger partial charge in [-0.05, 0) is 36.8 Å². The maximum atomic E-state index is 12.5. The van der Waals surface area contributed by atoms with Gasteiger partial charge in [-0.15, -0.1) is 10.2 Å². The van der Waals surface area contributed by atoms with Crippen molar-refractivity contribution in [2.24, 2.45) is 0 Å². The van der Waals surface area contributed by atoms with Crippen LogP contribution in [0.25, 0.3) is 5.69 Å². The van der Waals surface area contributed by atoms with Gasteiger partial charge in [0.1, 0.15) is 12.1 Å². The Hall–Kier alpha value is -2.65. The van der Waals surface area contributed by atoms with Crippen LogP contribution in [0.3, 0.4) is 0 Å². The van der Waals surface area contributed by atoms with Crippen molar-refractivity contribution in [3.8, 4) is 11.4 Å². The number of anilines is 1. The molecule has 10 heteroatoms. The fourth-order valence-corrected chi connectivity index (χ4v) is 3.22. The number of nitrogens with zero attached hydrogens (tertiary/aromatic N) is 3. The number of carbonyl (C=O) groups is 1. The van der Waals surface area contributed by atoms with Crippen LogP contribution < -0.4 is 10.1 Å². The Morgan fingerprint density at radius 2 is 2.11 bits per heavy atom. The Bertz CT molecular complexity index is 984. The quantitative estimate of drug-likeness (QED) is 0.563. The van der Waals surface area contributed by atoms with E-state index < -0.39 is 12.5 Å². The zero-order valence-electron chi connectivity index (χ0n) is 14.6. The molecule has 0 fully saturated rings. The van der Waals surface area contributed by atoms with Gasteiger partial charge >= 0.3 is 6.61 Å². The molecular weight excluding hydrogens is 410 g/mol. The molecule has 1 N–H and O–H groups in total. The number of hydrogen-bond donors (Lipinski definition) is 1. The molecule has 0 aliphatic carbocycles. The van der Waals surface area contributed by atoms with Gasteiger partial charge < -0.3 is 10.1 Å². The Morgan fingerprint density at radius 3 is 2.86 bits per heavy atom. The van der Waals surface area contributed by atoms with E-state index in [4.69, 9.17) is 11.6 Å². The second-order valence-corrected chi connectivity index (χ2v) is 6.98. The molecule has 3 rings (SSSR count). The van der Waals surface area contributed by atoms with Crippen LogP contribution in [0.1, 0.15) is 5.56 Å². The standard InChI is InChI=1S/C18H15ClF2N4O2S/c1-11-6-7-12(8-13(11)19)25-10-22-24-18(25)28-9-16(26)23-14-4-2-3-5-15(14)27-17(20)21/h2-8,10,17H,9H2,1H3,(H,23,26). The van der Waals surface area contributed by atoms with E-state index in [9.17, 15) is 13.6 Å². The zero-order chi connectivity index (χ0) is 20.1. The molecule has 0 aliphatic heterocycles. The summed E-state index contributed by atoms with van der Waals surface area (Å²) in [7, 11) is 0. The number of aromatic nitrogens is 3. The first-order chi connectivity index (χ1) is 13.4. The number of amides is 1. The van der Waals surface area contributed by atoms with Crippen molar-refractivity contribution in [1.82, 2.24) is 14.8 Å². The lowest BCUT2D eigenvalue weighted by molar-refractivity contribution is -0.113. The number of nitrogens with one attached hydrogen (secondary N) is 1. The molecule has 1 amide bonds. The van der Waals surface area contributed by atoms with Crippen LogP contribution in [-0.2, 0) is 4.79 Å². The number of hydrogen-bond acceptors (Lipinski definition) is 5. The van der Waals surface area contributed by atoms with E-state index in [0.717, 1.165) is 23.0 Å². The molecule has 0 radical (unpaired) electrons. The summed E-state index contributed by atoms with van der Waals surface area (Å²) in [6.07, 6.45) is 1.52. The number of halogens is 3. The van der Waals surface area contributed by atoms with Crippen molar-refractivity contribution in [2.45, 2.75) is 18.7 Å². The van der Waals surface area contributed by atoms with E-state index in [1.165, 1.54) is 24.5 Å². The third-order valence-corrected chi connectivity index (χ3v) is 5.01. The third kappa shape index (κ3) is 4.99. The van der Waals surface area contributed by atoms with Gasteiger partial charge in [-0.25, -0.2) is 0 Å². The molecule has 0 bridgehead atoms. The van der Waals surface area contributed by atoms with Gasteiger partial charge in [0.2, 0.25) is 5.91 Å². The number of para-hydroxylation sites is 2. The number of ether oxygens (including phenoxy) is 1. The molecule has 1 heterocycles. The van der Waals surface area contributed by atoms with Crippen LogP contribution in [-0.4, -0.2) is 33.0 Å². The monoisotopic (exact) mass is 424 g/mol. The van der Waals surface area contributed by atoms with Crippen molar-refractivity contribution in [3.05, 3.63) is 59.4 Å². The maximum absolute atomic E-state index is 12.5. The van der Waals surface area contributed by atoms with E-state index in [-0.39, 0.29) is 17.2 Å². The lowest BCUT2D eigenvalue weighted by Crippen LogP contribution is -2.16. The summed E-state index contributed by atoms with van der Waals surface area (Å²) >= 11 is 7.31. The van der Waals surface area contributed by atoms with E-state index in [1.54, 1.807) is 16.7 Å². The maximum Gasteiger partial charge on any atom is 0.387 e. The molecule has 146 valence electrons. The van der Waals surface area contributed by atoms with Crippen molar-refractivity contribution < 1.29 is 18.3 Å². The minimum Gasteiger partial charge on any atom is -0.433 e. The molecule has 0 saturated carbocycles. The lowest BCUT2D eigenvalue weighted by Gasteiger charge is -2.11. The third-order valence-electron chi connectivity index (χ3n) is 3.66. The molecule has 2 aromatic carbocycles. The van der Waals surface area contributed by atoms with E-state index >= 15 is 0 Å².